The van der Waals surface area contributed by atoms with Crippen molar-refractivity contribution in [3.05, 3.63) is 41.5 Å². The van der Waals surface area contributed by atoms with Crippen LogP contribution in [0.2, 0.25) is 0 Å². The molecule has 1 amide bonds. The summed E-state index contributed by atoms with van der Waals surface area (Å²) >= 11 is 0. The van der Waals surface area contributed by atoms with E-state index >= 15 is 0 Å². The Labute approximate surface area is 136 Å². The van der Waals surface area contributed by atoms with E-state index < -0.39 is 5.97 Å². The van der Waals surface area contributed by atoms with Crippen LogP contribution in [0, 0.1) is 6.92 Å². The van der Waals surface area contributed by atoms with Crippen molar-refractivity contribution < 1.29 is 19.0 Å². The van der Waals surface area contributed by atoms with Crippen molar-refractivity contribution in [3.8, 4) is 0 Å². The number of aromatic nitrogens is 4. The number of ether oxygens (including phenoxy) is 1. The summed E-state index contributed by atoms with van der Waals surface area (Å²) < 4.78 is 11.1. The van der Waals surface area contributed by atoms with Crippen LogP contribution in [0.25, 0.3) is 5.52 Å². The van der Waals surface area contributed by atoms with Gasteiger partial charge in [0.1, 0.15) is 17.0 Å². The molecule has 0 aromatic carbocycles. The number of hydrogen-bond acceptors (Lipinski definition) is 7. The number of anilines is 1. The minimum Gasteiger partial charge on any atom is -0.462 e. The molecule has 3 heterocycles. The zero-order valence-corrected chi connectivity index (χ0v) is 13.1. The number of rotatable bonds is 5. The average molecular weight is 329 g/mol. The Morgan fingerprint density at radius 1 is 1.38 bits per heavy atom. The average Bonchev–Trinajstić information content (AvgIpc) is 3.14. The minimum absolute atomic E-state index is 0.0461. The zero-order valence-electron chi connectivity index (χ0n) is 13.1. The molecule has 3 aromatic rings. The predicted octanol–water partition coefficient (Wildman–Crippen LogP) is 1.38. The van der Waals surface area contributed by atoms with Crippen LogP contribution < -0.4 is 5.32 Å². The molecule has 3 rings (SSSR count). The molecule has 0 saturated heterocycles. The van der Waals surface area contributed by atoms with Gasteiger partial charge in [0, 0.05) is 11.9 Å². The van der Waals surface area contributed by atoms with Gasteiger partial charge in [-0.3, -0.25) is 4.79 Å². The van der Waals surface area contributed by atoms with E-state index in [4.69, 9.17) is 4.74 Å². The molecule has 0 spiro atoms. The molecule has 24 heavy (non-hydrogen) atoms. The van der Waals surface area contributed by atoms with Gasteiger partial charge < -0.3 is 10.1 Å². The summed E-state index contributed by atoms with van der Waals surface area (Å²) in [6, 6.07) is 3.34. The summed E-state index contributed by atoms with van der Waals surface area (Å²) in [5.41, 5.74) is 2.47. The number of fused-ring (bicyclic) bond motifs is 1. The van der Waals surface area contributed by atoms with Crippen molar-refractivity contribution in [2.45, 2.75) is 20.3 Å². The first kappa shape index (κ1) is 15.7. The third kappa shape index (κ3) is 3.09. The summed E-state index contributed by atoms with van der Waals surface area (Å²) in [5.74, 6) is -0.726. The van der Waals surface area contributed by atoms with Gasteiger partial charge in [-0.15, -0.1) is 0 Å². The number of aryl methyl sites for hydroxylation is 1. The SMILES string of the molecule is CCOC(=O)c1cnn2ccc(NC(=O)Cc3nonc3C)cc12. The quantitative estimate of drug-likeness (QED) is 0.704. The van der Waals surface area contributed by atoms with Crippen LogP contribution >= 0.6 is 0 Å². The number of amides is 1. The Bertz CT molecular complexity index is 898. The topological polar surface area (TPSA) is 112 Å². The minimum atomic E-state index is -0.458. The smallest absolute Gasteiger partial charge is 0.341 e. The van der Waals surface area contributed by atoms with Crippen molar-refractivity contribution >= 4 is 23.1 Å². The maximum atomic E-state index is 12.1. The van der Waals surface area contributed by atoms with Crippen molar-refractivity contribution in [2.75, 3.05) is 11.9 Å². The Balaban J connectivity index is 1.80. The molecule has 0 atom stereocenters. The normalized spacial score (nSPS) is 10.8. The highest BCUT2D eigenvalue weighted by atomic mass is 16.6. The Morgan fingerprint density at radius 3 is 2.92 bits per heavy atom. The molecule has 1 N–H and O–H groups in total. The number of pyridine rings is 1. The first-order valence-electron chi connectivity index (χ1n) is 7.31. The standard InChI is InChI=1S/C15H15N5O4/c1-3-23-15(22)11-8-16-20-5-4-10(6-13(11)20)17-14(21)7-12-9(2)18-24-19-12/h4-6,8H,3,7H2,1-2H3,(H,17,21). The maximum Gasteiger partial charge on any atom is 0.341 e. The molecule has 0 bridgehead atoms. The van der Waals surface area contributed by atoms with Crippen LogP contribution in [0.15, 0.2) is 29.2 Å². The lowest BCUT2D eigenvalue weighted by molar-refractivity contribution is -0.115. The van der Waals surface area contributed by atoms with Crippen molar-refractivity contribution in [2.24, 2.45) is 0 Å². The number of esters is 1. The number of carbonyl (C=O) groups is 2. The lowest BCUT2D eigenvalue weighted by Gasteiger charge is -2.05. The Morgan fingerprint density at radius 2 is 2.21 bits per heavy atom. The zero-order chi connectivity index (χ0) is 17.1. The first-order chi connectivity index (χ1) is 11.6. The molecule has 0 aliphatic rings. The molecular formula is C15H15N5O4. The highest BCUT2D eigenvalue weighted by Gasteiger charge is 2.15. The molecule has 9 heteroatoms. The van der Waals surface area contributed by atoms with E-state index in [0.717, 1.165) is 0 Å². The fourth-order valence-electron chi connectivity index (χ4n) is 2.19. The molecule has 0 saturated carbocycles. The third-order valence-electron chi connectivity index (χ3n) is 3.38. The molecule has 124 valence electrons. The van der Waals surface area contributed by atoms with Crippen LogP contribution in [-0.4, -0.2) is 38.4 Å². The van der Waals surface area contributed by atoms with Gasteiger partial charge in [0.2, 0.25) is 5.91 Å². The maximum absolute atomic E-state index is 12.1. The highest BCUT2D eigenvalue weighted by molar-refractivity contribution is 5.98. The lowest BCUT2D eigenvalue weighted by atomic mass is 10.2. The second kappa shape index (κ2) is 6.49. The van der Waals surface area contributed by atoms with Crippen LogP contribution in [0.4, 0.5) is 5.69 Å². The van der Waals surface area contributed by atoms with Crippen LogP contribution in [0.1, 0.15) is 28.7 Å². The first-order valence-corrected chi connectivity index (χ1v) is 7.31. The van der Waals surface area contributed by atoms with E-state index in [9.17, 15) is 9.59 Å². The molecule has 0 aliphatic heterocycles. The van der Waals surface area contributed by atoms with Crippen LogP contribution in [0.5, 0.6) is 0 Å². The molecular weight excluding hydrogens is 314 g/mol. The van der Waals surface area contributed by atoms with Gasteiger partial charge in [-0.2, -0.15) is 5.10 Å². The van der Waals surface area contributed by atoms with Gasteiger partial charge in [0.25, 0.3) is 0 Å². The summed E-state index contributed by atoms with van der Waals surface area (Å²) in [7, 11) is 0. The lowest BCUT2D eigenvalue weighted by Crippen LogP contribution is -2.15. The highest BCUT2D eigenvalue weighted by Crippen LogP contribution is 2.17. The second-order valence-electron chi connectivity index (χ2n) is 5.05. The van der Waals surface area contributed by atoms with E-state index in [1.54, 1.807) is 32.2 Å². The van der Waals surface area contributed by atoms with Gasteiger partial charge in [0.05, 0.1) is 24.7 Å². The van der Waals surface area contributed by atoms with Gasteiger partial charge in [-0.05, 0) is 26.0 Å². The number of nitrogens with one attached hydrogen (secondary N) is 1. The molecule has 3 aromatic heterocycles. The number of hydrogen-bond donors (Lipinski definition) is 1. The van der Waals surface area contributed by atoms with Gasteiger partial charge in [-0.1, -0.05) is 10.3 Å². The molecule has 0 aliphatic carbocycles. The number of nitrogens with zero attached hydrogens (tertiary/aromatic N) is 4. The van der Waals surface area contributed by atoms with E-state index in [0.29, 0.717) is 28.2 Å². The molecule has 0 fully saturated rings. The number of carbonyl (C=O) groups excluding carboxylic acids is 2. The largest absolute Gasteiger partial charge is 0.462 e. The van der Waals surface area contributed by atoms with Crippen molar-refractivity contribution in [3.63, 3.8) is 0 Å². The fourth-order valence-corrected chi connectivity index (χ4v) is 2.19. The van der Waals surface area contributed by atoms with E-state index in [2.05, 4.69) is 25.4 Å². The molecule has 9 nitrogen and oxygen atoms in total. The van der Waals surface area contributed by atoms with Crippen LogP contribution in [-0.2, 0) is 16.0 Å². The predicted molar refractivity (Wildman–Crippen MR) is 82.5 cm³/mol. The third-order valence-corrected chi connectivity index (χ3v) is 3.38. The van der Waals surface area contributed by atoms with E-state index in [1.807, 2.05) is 0 Å². The van der Waals surface area contributed by atoms with Crippen LogP contribution in [0.3, 0.4) is 0 Å². The summed E-state index contributed by atoms with van der Waals surface area (Å²) in [6.45, 7) is 3.72. The summed E-state index contributed by atoms with van der Waals surface area (Å²) in [4.78, 5) is 24.0. The molecule has 0 unspecified atom stereocenters. The monoisotopic (exact) mass is 329 g/mol. The fraction of sp³-hybridized carbons (Fsp3) is 0.267. The second-order valence-corrected chi connectivity index (χ2v) is 5.05. The van der Waals surface area contributed by atoms with E-state index in [1.165, 1.54) is 10.7 Å². The Hall–Kier alpha value is -3.23. The molecule has 0 radical (unpaired) electrons. The Kier molecular flexibility index (Phi) is 4.23. The summed E-state index contributed by atoms with van der Waals surface area (Å²) in [6.07, 6.45) is 3.13. The van der Waals surface area contributed by atoms with Gasteiger partial charge in [0.15, 0.2) is 0 Å². The van der Waals surface area contributed by atoms with Crippen molar-refractivity contribution in [1.82, 2.24) is 19.9 Å². The van der Waals surface area contributed by atoms with Gasteiger partial charge >= 0.3 is 5.97 Å². The van der Waals surface area contributed by atoms with Crippen molar-refractivity contribution in [1.29, 1.82) is 0 Å². The summed E-state index contributed by atoms with van der Waals surface area (Å²) in [5, 5.41) is 14.1. The van der Waals surface area contributed by atoms with E-state index in [-0.39, 0.29) is 18.9 Å². The van der Waals surface area contributed by atoms with Gasteiger partial charge in [-0.25, -0.2) is 13.9 Å².